The third kappa shape index (κ3) is 1.15. The Morgan fingerprint density at radius 3 is 2.31 bits per heavy atom. The van der Waals surface area contributed by atoms with Gasteiger partial charge in [-0.3, -0.25) is 0 Å². The van der Waals surface area contributed by atoms with Crippen molar-refractivity contribution in [2.75, 3.05) is 0 Å². The van der Waals surface area contributed by atoms with Crippen molar-refractivity contribution in [3.63, 3.8) is 0 Å². The molecule has 0 radical (unpaired) electrons. The number of ether oxygens (including phenoxy) is 1. The lowest BCUT2D eigenvalue weighted by Crippen LogP contribution is -2.44. The average Bonchev–Trinajstić information content (AvgIpc) is 2.39. The second-order valence-corrected chi connectivity index (χ2v) is 6.05. The fourth-order valence-electron chi connectivity index (χ4n) is 2.57. The van der Waals surface area contributed by atoms with E-state index in [2.05, 4.69) is 0 Å². The van der Waals surface area contributed by atoms with Gasteiger partial charge in [0.2, 0.25) is 0 Å². The van der Waals surface area contributed by atoms with Crippen molar-refractivity contribution in [1.29, 1.82) is 0 Å². The Kier molecular flexibility index (Phi) is 1.81. The third-order valence-electron chi connectivity index (χ3n) is 3.77. The van der Waals surface area contributed by atoms with Gasteiger partial charge in [0.15, 0.2) is 0 Å². The molecule has 76 valence electrons. The van der Waals surface area contributed by atoms with Gasteiger partial charge < -0.3 is 9.84 Å². The molecule has 3 heteroatoms. The number of halogens is 1. The van der Waals surface area contributed by atoms with E-state index in [0.29, 0.717) is 6.42 Å². The first-order valence-corrected chi connectivity index (χ1v) is 5.24. The highest BCUT2D eigenvalue weighted by molar-refractivity contribution is 6.24. The molecule has 1 N–H and O–H groups in total. The fourth-order valence-corrected chi connectivity index (χ4v) is 2.78. The monoisotopic (exact) mass is 204 g/mol. The quantitative estimate of drug-likeness (QED) is 0.663. The van der Waals surface area contributed by atoms with Crippen LogP contribution in [0.1, 0.15) is 40.0 Å². The van der Waals surface area contributed by atoms with Crippen LogP contribution in [0.15, 0.2) is 0 Å². The molecule has 0 aliphatic carbocycles. The summed E-state index contributed by atoms with van der Waals surface area (Å²) >= 11 is 6.31. The molecule has 2 aliphatic heterocycles. The highest BCUT2D eigenvalue weighted by Gasteiger charge is 2.63. The Balaban J connectivity index is 2.31. The zero-order valence-corrected chi connectivity index (χ0v) is 9.19. The topological polar surface area (TPSA) is 29.5 Å². The Morgan fingerprint density at radius 2 is 2.08 bits per heavy atom. The molecule has 13 heavy (non-hydrogen) atoms. The van der Waals surface area contributed by atoms with E-state index >= 15 is 0 Å². The van der Waals surface area contributed by atoms with Crippen LogP contribution in [-0.4, -0.2) is 27.3 Å². The van der Waals surface area contributed by atoms with Gasteiger partial charge in [0.1, 0.15) is 0 Å². The average molecular weight is 205 g/mol. The van der Waals surface area contributed by atoms with Gasteiger partial charge in [-0.2, -0.15) is 0 Å². The number of fused-ring (bicyclic) bond motifs is 2. The highest BCUT2D eigenvalue weighted by Crippen LogP contribution is 2.56. The number of aliphatic hydroxyl groups is 1. The number of hydrogen-bond donors (Lipinski definition) is 1. The molecule has 2 bridgehead atoms. The van der Waals surface area contributed by atoms with Gasteiger partial charge >= 0.3 is 0 Å². The van der Waals surface area contributed by atoms with Crippen molar-refractivity contribution in [2.24, 2.45) is 0 Å². The summed E-state index contributed by atoms with van der Waals surface area (Å²) in [4.78, 5) is -0.387. The number of rotatable bonds is 1. The van der Waals surface area contributed by atoms with E-state index in [0.717, 1.165) is 12.8 Å². The van der Waals surface area contributed by atoms with E-state index in [4.69, 9.17) is 16.3 Å². The Labute approximate surface area is 84.2 Å². The summed E-state index contributed by atoms with van der Waals surface area (Å²) in [5.74, 6) is 0. The Bertz CT molecular complexity index is 236. The summed E-state index contributed by atoms with van der Waals surface area (Å²) in [7, 11) is 0. The van der Waals surface area contributed by atoms with Crippen LogP contribution in [0.5, 0.6) is 0 Å². The Morgan fingerprint density at radius 1 is 1.46 bits per heavy atom. The molecule has 0 saturated carbocycles. The van der Waals surface area contributed by atoms with E-state index in [-0.39, 0.29) is 22.2 Å². The maximum absolute atomic E-state index is 9.82. The van der Waals surface area contributed by atoms with Crippen LogP contribution < -0.4 is 0 Å². The van der Waals surface area contributed by atoms with E-state index in [9.17, 15) is 5.11 Å². The van der Waals surface area contributed by atoms with Crippen molar-refractivity contribution < 1.29 is 9.84 Å². The smallest absolute Gasteiger partial charge is 0.0922 e. The molecule has 2 saturated heterocycles. The molecule has 0 amide bonds. The first-order valence-electron chi connectivity index (χ1n) is 4.86. The van der Waals surface area contributed by atoms with Gasteiger partial charge in [-0.15, -0.1) is 11.6 Å². The van der Waals surface area contributed by atoms with Crippen LogP contribution >= 0.6 is 11.6 Å². The molecule has 0 aromatic carbocycles. The van der Waals surface area contributed by atoms with Crippen LogP contribution in [0.2, 0.25) is 0 Å². The van der Waals surface area contributed by atoms with E-state index < -0.39 is 0 Å². The molecule has 3 atom stereocenters. The van der Waals surface area contributed by atoms with Crippen molar-refractivity contribution in [3.8, 4) is 0 Å². The minimum Gasteiger partial charge on any atom is -0.390 e. The second-order valence-electron chi connectivity index (χ2n) is 5.10. The molecule has 0 aromatic rings. The van der Waals surface area contributed by atoms with Crippen molar-refractivity contribution >= 4 is 11.6 Å². The molecule has 2 aliphatic rings. The molecule has 0 spiro atoms. The van der Waals surface area contributed by atoms with Crippen molar-refractivity contribution in [1.82, 2.24) is 0 Å². The van der Waals surface area contributed by atoms with Crippen LogP contribution in [0, 0.1) is 0 Å². The molecular weight excluding hydrogens is 188 g/mol. The zero-order chi connectivity index (χ0) is 9.91. The first-order chi connectivity index (χ1) is 5.79. The summed E-state index contributed by atoms with van der Waals surface area (Å²) in [5.41, 5.74) is -0.644. The van der Waals surface area contributed by atoms with E-state index in [1.165, 1.54) is 0 Å². The standard InChI is InChI=1S/C10H17ClO2/c1-8(2,11)10-5-4-9(3,13-10)7(12)6-10/h7,12H,4-6H2,1-3H3. The normalized spacial score (nSPS) is 50.1. The molecule has 3 unspecified atom stereocenters. The third-order valence-corrected chi connectivity index (χ3v) is 4.11. The maximum atomic E-state index is 9.82. The minimum atomic E-state index is -0.387. The van der Waals surface area contributed by atoms with Gasteiger partial charge in [0, 0.05) is 6.42 Å². The van der Waals surface area contributed by atoms with Crippen LogP contribution in [0.3, 0.4) is 0 Å². The van der Waals surface area contributed by atoms with Crippen LogP contribution in [0.25, 0.3) is 0 Å². The van der Waals surface area contributed by atoms with Crippen LogP contribution in [0.4, 0.5) is 0 Å². The molecule has 2 heterocycles. The molecule has 2 fully saturated rings. The van der Waals surface area contributed by atoms with Crippen molar-refractivity contribution in [3.05, 3.63) is 0 Å². The van der Waals surface area contributed by atoms with Gasteiger partial charge in [-0.05, 0) is 33.6 Å². The molecular formula is C10H17ClO2. The lowest BCUT2D eigenvalue weighted by Gasteiger charge is -2.36. The second kappa shape index (κ2) is 2.41. The molecule has 0 aromatic heterocycles. The predicted octanol–water partition coefficient (Wildman–Crippen LogP) is 2.08. The van der Waals surface area contributed by atoms with E-state index in [1.54, 1.807) is 0 Å². The number of aliphatic hydroxyl groups excluding tert-OH is 1. The van der Waals surface area contributed by atoms with E-state index in [1.807, 2.05) is 20.8 Å². The summed E-state index contributed by atoms with van der Waals surface area (Å²) in [6.45, 7) is 5.92. The largest absolute Gasteiger partial charge is 0.390 e. The summed E-state index contributed by atoms with van der Waals surface area (Å²) in [5, 5.41) is 9.82. The van der Waals surface area contributed by atoms with Gasteiger partial charge in [0.25, 0.3) is 0 Å². The van der Waals surface area contributed by atoms with Crippen molar-refractivity contribution in [2.45, 2.75) is 62.2 Å². The fraction of sp³-hybridized carbons (Fsp3) is 1.00. The zero-order valence-electron chi connectivity index (χ0n) is 8.43. The van der Waals surface area contributed by atoms with Gasteiger partial charge in [-0.25, -0.2) is 0 Å². The first kappa shape index (κ1) is 9.75. The Hall–Kier alpha value is 0.210. The van der Waals surface area contributed by atoms with Crippen LogP contribution in [-0.2, 0) is 4.74 Å². The lowest BCUT2D eigenvalue weighted by atomic mass is 9.75. The van der Waals surface area contributed by atoms with Gasteiger partial charge in [0.05, 0.1) is 22.2 Å². The molecule has 2 nitrogen and oxygen atoms in total. The summed E-state index contributed by atoms with van der Waals surface area (Å²) in [6.07, 6.45) is 2.22. The lowest BCUT2D eigenvalue weighted by molar-refractivity contribution is -0.0745. The summed E-state index contributed by atoms with van der Waals surface area (Å²) < 4.78 is 5.94. The minimum absolute atomic E-state index is 0.303. The maximum Gasteiger partial charge on any atom is 0.0922 e. The summed E-state index contributed by atoms with van der Waals surface area (Å²) in [6, 6.07) is 0. The SMILES string of the molecule is CC12CCC(C(C)(C)Cl)(CC1O)O2. The van der Waals surface area contributed by atoms with Gasteiger partial charge in [-0.1, -0.05) is 0 Å². The number of alkyl halides is 1. The molecule has 2 rings (SSSR count). The highest BCUT2D eigenvalue weighted by atomic mass is 35.5. The predicted molar refractivity (Wildman–Crippen MR) is 52.0 cm³/mol. The number of hydrogen-bond acceptors (Lipinski definition) is 2.